The number of nitrogens with one attached hydrogen (secondary N) is 1. The molecule has 2 heterocycles. The Bertz CT molecular complexity index is 961. The van der Waals surface area contributed by atoms with Crippen LogP contribution < -0.4 is 10.2 Å². The Morgan fingerprint density at radius 2 is 1.92 bits per heavy atom. The fourth-order valence-corrected chi connectivity index (χ4v) is 3.42. The Labute approximate surface area is 156 Å². The van der Waals surface area contributed by atoms with Crippen LogP contribution in [-0.4, -0.2) is 32.2 Å². The third-order valence-electron chi connectivity index (χ3n) is 4.61. The molecule has 1 amide bonds. The van der Waals surface area contributed by atoms with Crippen LogP contribution >= 0.6 is 11.6 Å². The quantitative estimate of drug-likeness (QED) is 0.738. The first-order chi connectivity index (χ1) is 12.6. The van der Waals surface area contributed by atoms with Crippen LogP contribution in [0.25, 0.3) is 11.0 Å². The van der Waals surface area contributed by atoms with Crippen LogP contribution in [-0.2, 0) is 4.74 Å². The van der Waals surface area contributed by atoms with Gasteiger partial charge in [0.1, 0.15) is 5.58 Å². The number of hydrogen-bond acceptors (Lipinski definition) is 4. The SMILES string of the molecule is Cc1c(C(=O)Nc2ccccc2N2CCOCC2)oc2ccc(Cl)cc12. The summed E-state index contributed by atoms with van der Waals surface area (Å²) < 4.78 is 11.2. The first-order valence-corrected chi connectivity index (χ1v) is 8.93. The first-order valence-electron chi connectivity index (χ1n) is 8.55. The zero-order valence-electron chi connectivity index (χ0n) is 14.4. The van der Waals surface area contributed by atoms with Crippen molar-refractivity contribution in [3.05, 3.63) is 58.8 Å². The number of halogens is 1. The molecule has 0 spiro atoms. The molecule has 3 aromatic rings. The molecule has 5 nitrogen and oxygen atoms in total. The number of benzene rings is 2. The topological polar surface area (TPSA) is 54.7 Å². The van der Waals surface area contributed by atoms with Gasteiger partial charge in [-0.2, -0.15) is 0 Å². The normalized spacial score (nSPS) is 14.6. The smallest absolute Gasteiger partial charge is 0.291 e. The third-order valence-corrected chi connectivity index (χ3v) is 4.84. The molecule has 1 N–H and O–H groups in total. The van der Waals surface area contributed by atoms with E-state index in [2.05, 4.69) is 10.2 Å². The van der Waals surface area contributed by atoms with E-state index in [1.165, 1.54) is 0 Å². The van der Waals surface area contributed by atoms with Crippen LogP contribution in [0.4, 0.5) is 11.4 Å². The van der Waals surface area contributed by atoms with Crippen LogP contribution in [0.15, 0.2) is 46.9 Å². The minimum absolute atomic E-state index is 0.268. The molecule has 0 atom stereocenters. The minimum Gasteiger partial charge on any atom is -0.451 e. The molecule has 134 valence electrons. The van der Waals surface area contributed by atoms with Crippen molar-refractivity contribution in [3.63, 3.8) is 0 Å². The predicted molar refractivity (Wildman–Crippen MR) is 103 cm³/mol. The van der Waals surface area contributed by atoms with Crippen molar-refractivity contribution in [2.75, 3.05) is 36.5 Å². The summed E-state index contributed by atoms with van der Waals surface area (Å²) >= 11 is 6.06. The van der Waals surface area contributed by atoms with Gasteiger partial charge in [-0.25, -0.2) is 0 Å². The highest BCUT2D eigenvalue weighted by atomic mass is 35.5. The van der Waals surface area contributed by atoms with Crippen molar-refractivity contribution >= 4 is 39.9 Å². The standard InChI is InChI=1S/C20H19ClN2O3/c1-13-15-12-14(21)6-7-18(15)26-19(13)20(24)22-16-4-2-3-5-17(16)23-8-10-25-11-9-23/h2-7,12H,8-11H2,1H3,(H,22,24). The monoisotopic (exact) mass is 370 g/mol. The summed E-state index contributed by atoms with van der Waals surface area (Å²) in [6.07, 6.45) is 0. The van der Waals surface area contributed by atoms with Crippen LogP contribution in [0.1, 0.15) is 16.1 Å². The number of furan rings is 1. The van der Waals surface area contributed by atoms with Crippen LogP contribution in [0.2, 0.25) is 5.02 Å². The second-order valence-corrected chi connectivity index (χ2v) is 6.70. The van der Waals surface area contributed by atoms with Gasteiger partial charge in [-0.05, 0) is 37.3 Å². The molecule has 0 aliphatic carbocycles. The molecular weight excluding hydrogens is 352 g/mol. The van der Waals surface area contributed by atoms with Crippen molar-refractivity contribution in [3.8, 4) is 0 Å². The number of fused-ring (bicyclic) bond motifs is 1. The lowest BCUT2D eigenvalue weighted by atomic mass is 10.1. The molecule has 4 rings (SSSR count). The molecule has 1 aromatic heterocycles. The van der Waals surface area contributed by atoms with Gasteiger partial charge in [-0.3, -0.25) is 4.79 Å². The maximum Gasteiger partial charge on any atom is 0.291 e. The average molecular weight is 371 g/mol. The fraction of sp³-hybridized carbons (Fsp3) is 0.250. The number of para-hydroxylation sites is 2. The zero-order chi connectivity index (χ0) is 18.1. The van der Waals surface area contributed by atoms with Gasteiger partial charge in [0.05, 0.1) is 24.6 Å². The summed E-state index contributed by atoms with van der Waals surface area (Å²) in [7, 11) is 0. The molecule has 26 heavy (non-hydrogen) atoms. The highest BCUT2D eigenvalue weighted by Gasteiger charge is 2.20. The summed E-state index contributed by atoms with van der Waals surface area (Å²) in [5.74, 6) is 0.0366. The summed E-state index contributed by atoms with van der Waals surface area (Å²) in [5.41, 5.74) is 3.18. The minimum atomic E-state index is -0.268. The Morgan fingerprint density at radius 1 is 1.15 bits per heavy atom. The summed E-state index contributed by atoms with van der Waals surface area (Å²) in [4.78, 5) is 15.1. The van der Waals surface area contributed by atoms with Crippen molar-refractivity contribution in [1.29, 1.82) is 0 Å². The Morgan fingerprint density at radius 3 is 2.73 bits per heavy atom. The number of aryl methyl sites for hydroxylation is 1. The molecular formula is C20H19ClN2O3. The van der Waals surface area contributed by atoms with Gasteiger partial charge >= 0.3 is 0 Å². The Kier molecular flexibility index (Phi) is 4.57. The number of anilines is 2. The van der Waals surface area contributed by atoms with Crippen molar-refractivity contribution in [2.24, 2.45) is 0 Å². The number of morpholine rings is 1. The molecule has 0 unspecified atom stereocenters. The lowest BCUT2D eigenvalue weighted by molar-refractivity contribution is 0.0998. The van der Waals surface area contributed by atoms with Gasteiger partial charge in [0, 0.05) is 29.1 Å². The van der Waals surface area contributed by atoms with Gasteiger partial charge < -0.3 is 19.4 Å². The zero-order valence-corrected chi connectivity index (χ0v) is 15.2. The molecule has 0 saturated carbocycles. The number of ether oxygens (including phenoxy) is 1. The molecule has 6 heteroatoms. The number of carbonyl (C=O) groups excluding carboxylic acids is 1. The Balaban J connectivity index is 1.64. The van der Waals surface area contributed by atoms with Crippen LogP contribution in [0.5, 0.6) is 0 Å². The van der Waals surface area contributed by atoms with Gasteiger partial charge in [0.2, 0.25) is 0 Å². The highest BCUT2D eigenvalue weighted by Crippen LogP contribution is 2.30. The number of nitrogens with zero attached hydrogens (tertiary/aromatic N) is 1. The average Bonchev–Trinajstić information content (AvgIpc) is 2.99. The van der Waals surface area contributed by atoms with Crippen molar-refractivity contribution in [2.45, 2.75) is 6.92 Å². The predicted octanol–water partition coefficient (Wildman–Crippen LogP) is 4.48. The second-order valence-electron chi connectivity index (χ2n) is 6.27. The van der Waals surface area contributed by atoms with Crippen LogP contribution in [0, 0.1) is 6.92 Å². The van der Waals surface area contributed by atoms with E-state index in [0.29, 0.717) is 29.6 Å². The van der Waals surface area contributed by atoms with Crippen molar-refractivity contribution < 1.29 is 13.9 Å². The maximum atomic E-state index is 12.8. The fourth-order valence-electron chi connectivity index (χ4n) is 3.25. The molecule has 1 fully saturated rings. The van der Waals surface area contributed by atoms with E-state index >= 15 is 0 Å². The number of carbonyl (C=O) groups is 1. The number of hydrogen-bond donors (Lipinski definition) is 1. The maximum absolute atomic E-state index is 12.8. The lowest BCUT2D eigenvalue weighted by Crippen LogP contribution is -2.36. The van der Waals surface area contributed by atoms with E-state index in [1.54, 1.807) is 12.1 Å². The van der Waals surface area contributed by atoms with E-state index in [9.17, 15) is 4.79 Å². The van der Waals surface area contributed by atoms with Crippen molar-refractivity contribution in [1.82, 2.24) is 0 Å². The van der Waals surface area contributed by atoms with Gasteiger partial charge in [-0.15, -0.1) is 0 Å². The molecule has 0 bridgehead atoms. The number of amides is 1. The van der Waals surface area contributed by atoms with Gasteiger partial charge in [0.15, 0.2) is 5.76 Å². The van der Waals surface area contributed by atoms with Gasteiger partial charge in [-0.1, -0.05) is 23.7 Å². The number of rotatable bonds is 3. The molecule has 2 aromatic carbocycles. The lowest BCUT2D eigenvalue weighted by Gasteiger charge is -2.30. The van der Waals surface area contributed by atoms with E-state index in [0.717, 1.165) is 35.4 Å². The third kappa shape index (κ3) is 3.16. The second kappa shape index (κ2) is 7.02. The Hall–Kier alpha value is -2.50. The molecule has 1 aliphatic heterocycles. The van der Waals surface area contributed by atoms with E-state index in [4.69, 9.17) is 20.8 Å². The summed E-state index contributed by atoms with van der Waals surface area (Å²) in [6, 6.07) is 13.1. The summed E-state index contributed by atoms with van der Waals surface area (Å²) in [5, 5.41) is 4.46. The molecule has 1 aliphatic rings. The van der Waals surface area contributed by atoms with E-state index < -0.39 is 0 Å². The van der Waals surface area contributed by atoms with Gasteiger partial charge in [0.25, 0.3) is 5.91 Å². The summed E-state index contributed by atoms with van der Waals surface area (Å²) in [6.45, 7) is 4.84. The van der Waals surface area contributed by atoms with E-state index in [1.807, 2.05) is 37.3 Å². The van der Waals surface area contributed by atoms with E-state index in [-0.39, 0.29) is 5.91 Å². The molecule has 0 radical (unpaired) electrons. The first kappa shape index (κ1) is 16.9. The van der Waals surface area contributed by atoms with Crippen LogP contribution in [0.3, 0.4) is 0 Å². The molecule has 1 saturated heterocycles. The largest absolute Gasteiger partial charge is 0.451 e. The highest BCUT2D eigenvalue weighted by molar-refractivity contribution is 6.31.